The Bertz CT molecular complexity index is 1570. The lowest BCUT2D eigenvalue weighted by atomic mass is 10.0. The number of anilines is 2. The summed E-state index contributed by atoms with van der Waals surface area (Å²) < 4.78 is 0. The van der Waals surface area contributed by atoms with Gasteiger partial charge in [0.15, 0.2) is 0 Å². The number of aryl methyl sites for hydroxylation is 3. The minimum Gasteiger partial charge on any atom is -0.359 e. The number of amides is 2. The molecule has 4 aromatic rings. The third-order valence-corrected chi connectivity index (χ3v) is 7.17. The molecule has 0 fully saturated rings. The lowest BCUT2D eigenvalue weighted by Crippen LogP contribution is -2.25. The molecular formula is C30H25Cl2N3O2. The van der Waals surface area contributed by atoms with Gasteiger partial charge in [0.1, 0.15) is 0 Å². The lowest BCUT2D eigenvalue weighted by molar-refractivity contribution is -0.113. The maximum Gasteiger partial charge on any atom is 0.259 e. The van der Waals surface area contributed by atoms with E-state index in [1.165, 1.54) is 0 Å². The molecule has 0 spiro atoms. The van der Waals surface area contributed by atoms with Gasteiger partial charge in [-0.25, -0.2) is 0 Å². The smallest absolute Gasteiger partial charge is 0.259 e. The van der Waals surface area contributed by atoms with Gasteiger partial charge in [-0.3, -0.25) is 9.59 Å². The van der Waals surface area contributed by atoms with E-state index in [4.69, 9.17) is 23.2 Å². The third-order valence-electron chi connectivity index (χ3n) is 6.43. The van der Waals surface area contributed by atoms with E-state index in [2.05, 4.69) is 10.3 Å². The summed E-state index contributed by atoms with van der Waals surface area (Å²) in [5, 5.41) is 3.87. The molecule has 7 heteroatoms. The van der Waals surface area contributed by atoms with Crippen LogP contribution in [-0.2, 0) is 11.3 Å². The molecule has 1 aromatic heterocycles. The maximum absolute atomic E-state index is 13.7. The van der Waals surface area contributed by atoms with Crippen LogP contribution < -0.4 is 10.2 Å². The maximum atomic E-state index is 13.7. The summed E-state index contributed by atoms with van der Waals surface area (Å²) in [5.74, 6) is -0.340. The zero-order chi connectivity index (χ0) is 26.3. The second-order valence-electron chi connectivity index (χ2n) is 9.30. The van der Waals surface area contributed by atoms with Crippen LogP contribution in [0.5, 0.6) is 0 Å². The fraction of sp³-hybridized carbons (Fsp3) is 0.133. The predicted octanol–water partition coefficient (Wildman–Crippen LogP) is 7.59. The average molecular weight is 530 g/mol. The van der Waals surface area contributed by atoms with Crippen molar-refractivity contribution in [3.8, 4) is 0 Å². The number of nitrogens with one attached hydrogen (secondary N) is 2. The number of rotatable bonds is 5. The Hall–Kier alpha value is -3.80. The van der Waals surface area contributed by atoms with Crippen LogP contribution in [0.25, 0.3) is 11.6 Å². The highest BCUT2D eigenvalue weighted by Crippen LogP contribution is 2.41. The van der Waals surface area contributed by atoms with Crippen molar-refractivity contribution < 1.29 is 9.59 Å². The first-order chi connectivity index (χ1) is 17.7. The Balaban J connectivity index is 1.53. The van der Waals surface area contributed by atoms with Crippen LogP contribution in [0.2, 0.25) is 10.0 Å². The Morgan fingerprint density at radius 3 is 2.38 bits per heavy atom. The van der Waals surface area contributed by atoms with E-state index in [-0.39, 0.29) is 11.8 Å². The van der Waals surface area contributed by atoms with Gasteiger partial charge in [0.05, 0.1) is 27.9 Å². The molecule has 0 saturated carbocycles. The topological polar surface area (TPSA) is 65.2 Å². The summed E-state index contributed by atoms with van der Waals surface area (Å²) in [6, 6.07) is 20.3. The van der Waals surface area contributed by atoms with Gasteiger partial charge < -0.3 is 15.2 Å². The van der Waals surface area contributed by atoms with Crippen LogP contribution in [0.3, 0.4) is 0 Å². The minimum absolute atomic E-state index is 0.130. The van der Waals surface area contributed by atoms with E-state index in [9.17, 15) is 9.59 Å². The van der Waals surface area contributed by atoms with E-state index in [0.717, 1.165) is 39.3 Å². The standard InChI is InChI=1S/C30H25Cl2N3O2/c1-17-4-7-21(8-5-17)29(36)34-22-9-11-28-23(14-22)24(15-27-18(2)12-19(3)33-27)30(37)35(28)16-20-6-10-25(31)26(32)13-20/h4-15,33H,16H2,1-3H3,(H,34,36)/b24-15-. The molecule has 1 aliphatic heterocycles. The molecule has 2 heterocycles. The highest BCUT2D eigenvalue weighted by atomic mass is 35.5. The van der Waals surface area contributed by atoms with Crippen LogP contribution in [0.1, 0.15) is 44.0 Å². The van der Waals surface area contributed by atoms with E-state index < -0.39 is 0 Å². The van der Waals surface area contributed by atoms with Crippen molar-refractivity contribution in [3.05, 3.63) is 116 Å². The summed E-state index contributed by atoms with van der Waals surface area (Å²) in [6.45, 7) is 6.29. The molecule has 0 atom stereocenters. The molecule has 1 aliphatic rings. The Morgan fingerprint density at radius 1 is 0.946 bits per heavy atom. The van der Waals surface area contributed by atoms with Crippen LogP contribution >= 0.6 is 23.2 Å². The fourth-order valence-corrected chi connectivity index (χ4v) is 4.82. The monoisotopic (exact) mass is 529 g/mol. The molecule has 3 aromatic carbocycles. The molecule has 2 amide bonds. The Morgan fingerprint density at radius 2 is 1.70 bits per heavy atom. The molecule has 37 heavy (non-hydrogen) atoms. The van der Waals surface area contributed by atoms with Gasteiger partial charge in [0.2, 0.25) is 0 Å². The summed E-state index contributed by atoms with van der Waals surface area (Å²) in [4.78, 5) is 31.6. The Kier molecular flexibility index (Phi) is 6.67. The number of hydrogen-bond acceptors (Lipinski definition) is 2. The summed E-state index contributed by atoms with van der Waals surface area (Å²) in [7, 11) is 0. The predicted molar refractivity (Wildman–Crippen MR) is 151 cm³/mol. The number of aromatic amines is 1. The van der Waals surface area contributed by atoms with Crippen molar-refractivity contribution in [2.75, 3.05) is 10.2 Å². The van der Waals surface area contributed by atoms with Crippen molar-refractivity contribution in [1.29, 1.82) is 0 Å². The molecule has 0 saturated heterocycles. The summed E-state index contributed by atoms with van der Waals surface area (Å²) in [6.07, 6.45) is 1.88. The number of carbonyl (C=O) groups is 2. The van der Waals surface area contributed by atoms with Crippen molar-refractivity contribution in [3.63, 3.8) is 0 Å². The zero-order valence-electron chi connectivity index (χ0n) is 20.7. The van der Waals surface area contributed by atoms with Crippen LogP contribution in [-0.4, -0.2) is 16.8 Å². The molecule has 0 unspecified atom stereocenters. The third kappa shape index (κ3) is 5.06. The Labute approximate surface area is 225 Å². The van der Waals surface area contributed by atoms with Gasteiger partial charge in [-0.1, -0.05) is 47.0 Å². The number of hydrogen-bond donors (Lipinski definition) is 2. The van der Waals surface area contributed by atoms with E-state index >= 15 is 0 Å². The second-order valence-corrected chi connectivity index (χ2v) is 10.1. The van der Waals surface area contributed by atoms with Crippen LogP contribution in [0.15, 0.2) is 66.7 Å². The number of fused-ring (bicyclic) bond motifs is 1. The van der Waals surface area contributed by atoms with Crippen molar-refractivity contribution in [1.82, 2.24) is 4.98 Å². The van der Waals surface area contributed by atoms with Crippen LogP contribution in [0.4, 0.5) is 11.4 Å². The van der Waals surface area contributed by atoms with Crippen molar-refractivity contribution in [2.45, 2.75) is 27.3 Å². The average Bonchev–Trinajstić information content (AvgIpc) is 3.31. The van der Waals surface area contributed by atoms with Gasteiger partial charge in [0, 0.05) is 28.2 Å². The molecule has 5 rings (SSSR count). The first-order valence-corrected chi connectivity index (χ1v) is 12.6. The van der Waals surface area contributed by atoms with Crippen molar-refractivity contribution >= 4 is 58.0 Å². The molecule has 186 valence electrons. The molecular weight excluding hydrogens is 505 g/mol. The molecule has 0 bridgehead atoms. The SMILES string of the molecule is Cc1ccc(C(=O)Nc2ccc3c(c2)/C(=C/c2[nH]c(C)cc2C)C(=O)N3Cc2ccc(Cl)c(Cl)c2)cc1. The van der Waals surface area contributed by atoms with Gasteiger partial charge in [-0.2, -0.15) is 0 Å². The zero-order valence-corrected chi connectivity index (χ0v) is 22.2. The summed E-state index contributed by atoms with van der Waals surface area (Å²) >= 11 is 12.3. The molecule has 0 radical (unpaired) electrons. The minimum atomic E-state index is -0.210. The van der Waals surface area contributed by atoms with Gasteiger partial charge in [-0.15, -0.1) is 0 Å². The largest absolute Gasteiger partial charge is 0.359 e. The normalized spacial score (nSPS) is 13.8. The fourth-order valence-electron chi connectivity index (χ4n) is 4.50. The second kappa shape index (κ2) is 9.92. The molecule has 2 N–H and O–H groups in total. The summed E-state index contributed by atoms with van der Waals surface area (Å²) in [5.41, 5.74) is 8.11. The first kappa shape index (κ1) is 24.9. The quantitative estimate of drug-likeness (QED) is 0.261. The molecule has 0 aliphatic carbocycles. The lowest BCUT2D eigenvalue weighted by Gasteiger charge is -2.18. The highest BCUT2D eigenvalue weighted by Gasteiger charge is 2.33. The first-order valence-electron chi connectivity index (χ1n) is 11.9. The number of aromatic nitrogens is 1. The number of carbonyl (C=O) groups excluding carboxylic acids is 2. The van der Waals surface area contributed by atoms with E-state index in [1.54, 1.807) is 29.2 Å². The highest BCUT2D eigenvalue weighted by molar-refractivity contribution is 6.42. The van der Waals surface area contributed by atoms with Gasteiger partial charge >= 0.3 is 0 Å². The van der Waals surface area contributed by atoms with Gasteiger partial charge in [0.25, 0.3) is 11.8 Å². The van der Waals surface area contributed by atoms with Crippen molar-refractivity contribution in [2.24, 2.45) is 0 Å². The van der Waals surface area contributed by atoms with E-state index in [0.29, 0.717) is 33.4 Å². The number of halogens is 2. The van der Waals surface area contributed by atoms with E-state index in [1.807, 2.05) is 69.3 Å². The number of H-pyrrole nitrogens is 1. The number of nitrogens with zero attached hydrogens (tertiary/aromatic N) is 1. The van der Waals surface area contributed by atoms with Gasteiger partial charge in [-0.05, 0) is 86.5 Å². The molecule has 5 nitrogen and oxygen atoms in total. The number of benzene rings is 3. The van der Waals surface area contributed by atoms with Crippen LogP contribution in [0, 0.1) is 20.8 Å².